The number of rotatable bonds is 4. The summed E-state index contributed by atoms with van der Waals surface area (Å²) < 4.78 is 0. The third-order valence-corrected chi connectivity index (χ3v) is 5.66. The summed E-state index contributed by atoms with van der Waals surface area (Å²) in [6.07, 6.45) is 7.57. The molecule has 1 aromatic carbocycles. The topological polar surface area (TPSA) is 12.0 Å². The van der Waals surface area contributed by atoms with E-state index in [1.807, 2.05) is 18.2 Å². The molecule has 0 amide bonds. The van der Waals surface area contributed by atoms with Gasteiger partial charge in [-0.1, -0.05) is 36.2 Å². The van der Waals surface area contributed by atoms with Gasteiger partial charge in [-0.05, 0) is 62.1 Å². The molecule has 20 heavy (non-hydrogen) atoms. The van der Waals surface area contributed by atoms with Crippen molar-refractivity contribution in [3.8, 4) is 0 Å². The van der Waals surface area contributed by atoms with Crippen LogP contribution in [-0.2, 0) is 5.41 Å². The Morgan fingerprint density at radius 1 is 1.10 bits per heavy atom. The number of hydrogen-bond donors (Lipinski definition) is 1. The van der Waals surface area contributed by atoms with Crippen molar-refractivity contribution in [1.29, 1.82) is 0 Å². The lowest BCUT2D eigenvalue weighted by Crippen LogP contribution is -2.42. The van der Waals surface area contributed by atoms with E-state index in [1.54, 1.807) is 0 Å². The zero-order chi connectivity index (χ0) is 14.2. The Morgan fingerprint density at radius 2 is 1.70 bits per heavy atom. The molecule has 0 radical (unpaired) electrons. The van der Waals surface area contributed by atoms with Crippen LogP contribution in [0.3, 0.4) is 0 Å². The fourth-order valence-corrected chi connectivity index (χ4v) is 4.26. The first-order valence-corrected chi connectivity index (χ1v) is 8.54. The highest BCUT2D eigenvalue weighted by Crippen LogP contribution is 2.46. The van der Waals surface area contributed by atoms with Crippen molar-refractivity contribution in [3.63, 3.8) is 0 Å². The average molecular weight is 312 g/mol. The van der Waals surface area contributed by atoms with Gasteiger partial charge in [-0.2, -0.15) is 0 Å². The van der Waals surface area contributed by atoms with Gasteiger partial charge in [0.15, 0.2) is 0 Å². The largest absolute Gasteiger partial charge is 0.313 e. The Morgan fingerprint density at radius 3 is 2.25 bits per heavy atom. The van der Waals surface area contributed by atoms with Gasteiger partial charge in [0.1, 0.15) is 0 Å². The first kappa shape index (κ1) is 14.7. The molecule has 0 aliphatic heterocycles. The lowest BCUT2D eigenvalue weighted by molar-refractivity contribution is 0.233. The monoisotopic (exact) mass is 311 g/mol. The van der Waals surface area contributed by atoms with Crippen LogP contribution in [0.5, 0.6) is 0 Å². The van der Waals surface area contributed by atoms with Crippen LogP contribution < -0.4 is 5.32 Å². The summed E-state index contributed by atoms with van der Waals surface area (Å²) in [5, 5.41) is 5.39. The van der Waals surface area contributed by atoms with E-state index in [0.717, 1.165) is 28.5 Å². The van der Waals surface area contributed by atoms with E-state index in [4.69, 9.17) is 23.2 Å². The molecule has 2 fully saturated rings. The molecule has 0 spiro atoms. The molecule has 0 aromatic heterocycles. The van der Waals surface area contributed by atoms with Gasteiger partial charge in [0.2, 0.25) is 0 Å². The number of nitrogens with one attached hydrogen (secondary N) is 1. The van der Waals surface area contributed by atoms with Crippen molar-refractivity contribution < 1.29 is 0 Å². The van der Waals surface area contributed by atoms with Gasteiger partial charge in [0, 0.05) is 28.0 Å². The fourth-order valence-electron chi connectivity index (χ4n) is 3.46. The minimum atomic E-state index is 0.129. The SMILES string of the molecule is CC1CCC(CNC2CC2)(c2c(Cl)cccc2Cl)CC1. The van der Waals surface area contributed by atoms with Crippen molar-refractivity contribution in [2.45, 2.75) is 56.9 Å². The van der Waals surface area contributed by atoms with E-state index in [1.165, 1.54) is 44.1 Å². The maximum Gasteiger partial charge on any atom is 0.0459 e. The molecule has 2 saturated carbocycles. The molecule has 3 heteroatoms. The van der Waals surface area contributed by atoms with Crippen molar-refractivity contribution in [2.75, 3.05) is 6.54 Å². The van der Waals surface area contributed by atoms with Crippen LogP contribution in [0.2, 0.25) is 10.0 Å². The van der Waals surface area contributed by atoms with Crippen LogP contribution in [0.15, 0.2) is 18.2 Å². The van der Waals surface area contributed by atoms with Crippen LogP contribution >= 0.6 is 23.2 Å². The van der Waals surface area contributed by atoms with Crippen LogP contribution in [0, 0.1) is 5.92 Å². The van der Waals surface area contributed by atoms with Crippen LogP contribution in [0.1, 0.15) is 51.0 Å². The Balaban J connectivity index is 1.91. The lowest BCUT2D eigenvalue weighted by atomic mass is 9.66. The summed E-state index contributed by atoms with van der Waals surface area (Å²) in [4.78, 5) is 0. The highest BCUT2D eigenvalue weighted by atomic mass is 35.5. The standard InChI is InChI=1S/C17H23Cl2N/c1-12-7-9-17(10-8-12,11-20-13-5-6-13)16-14(18)3-2-4-15(16)19/h2-4,12-13,20H,5-11H2,1H3. The van der Waals surface area contributed by atoms with Gasteiger partial charge in [-0.25, -0.2) is 0 Å². The number of hydrogen-bond acceptors (Lipinski definition) is 1. The van der Waals surface area contributed by atoms with Crippen molar-refractivity contribution >= 4 is 23.2 Å². The van der Waals surface area contributed by atoms with Gasteiger partial charge >= 0.3 is 0 Å². The normalized spacial score (nSPS) is 30.4. The first-order chi connectivity index (χ1) is 9.61. The van der Waals surface area contributed by atoms with Gasteiger partial charge in [-0.15, -0.1) is 0 Å². The third-order valence-electron chi connectivity index (χ3n) is 5.03. The summed E-state index contributed by atoms with van der Waals surface area (Å²) >= 11 is 13.0. The first-order valence-electron chi connectivity index (χ1n) is 7.79. The zero-order valence-corrected chi connectivity index (χ0v) is 13.6. The van der Waals surface area contributed by atoms with E-state index in [-0.39, 0.29) is 5.41 Å². The second-order valence-corrected chi connectivity index (χ2v) is 7.53. The molecular weight excluding hydrogens is 289 g/mol. The third kappa shape index (κ3) is 3.00. The summed E-state index contributed by atoms with van der Waals surface area (Å²) in [6.45, 7) is 3.38. The lowest BCUT2D eigenvalue weighted by Gasteiger charge is -2.41. The Hall–Kier alpha value is -0.240. The highest BCUT2D eigenvalue weighted by molar-refractivity contribution is 6.36. The van der Waals surface area contributed by atoms with Crippen molar-refractivity contribution in [3.05, 3.63) is 33.8 Å². The molecule has 1 aromatic rings. The van der Waals surface area contributed by atoms with Crippen molar-refractivity contribution in [2.24, 2.45) is 5.92 Å². The molecule has 110 valence electrons. The number of benzene rings is 1. The molecule has 1 nitrogen and oxygen atoms in total. The fraction of sp³-hybridized carbons (Fsp3) is 0.647. The summed E-state index contributed by atoms with van der Waals surface area (Å²) in [5.74, 6) is 0.824. The molecule has 3 rings (SSSR count). The number of halogens is 2. The zero-order valence-electron chi connectivity index (χ0n) is 12.1. The van der Waals surface area contributed by atoms with Gasteiger partial charge < -0.3 is 5.32 Å². The van der Waals surface area contributed by atoms with E-state index >= 15 is 0 Å². The highest BCUT2D eigenvalue weighted by Gasteiger charge is 2.39. The Labute approximate surface area is 132 Å². The van der Waals surface area contributed by atoms with Gasteiger partial charge in [0.05, 0.1) is 0 Å². The maximum absolute atomic E-state index is 6.51. The predicted octanol–water partition coefficient (Wildman–Crippen LogP) is 5.19. The Kier molecular flexibility index (Phi) is 4.31. The minimum absolute atomic E-state index is 0.129. The predicted molar refractivity (Wildman–Crippen MR) is 86.8 cm³/mol. The molecule has 0 bridgehead atoms. The molecule has 0 unspecified atom stereocenters. The maximum atomic E-state index is 6.51. The summed E-state index contributed by atoms with van der Waals surface area (Å²) in [6, 6.07) is 6.65. The average Bonchev–Trinajstić information content (AvgIpc) is 3.23. The van der Waals surface area contributed by atoms with Gasteiger partial charge in [-0.3, -0.25) is 0 Å². The molecular formula is C17H23Cl2N. The molecule has 0 heterocycles. The van der Waals surface area contributed by atoms with Crippen LogP contribution in [-0.4, -0.2) is 12.6 Å². The second kappa shape index (κ2) is 5.87. The van der Waals surface area contributed by atoms with Crippen LogP contribution in [0.25, 0.3) is 0 Å². The molecule has 0 saturated heterocycles. The molecule has 2 aliphatic carbocycles. The molecule has 0 atom stereocenters. The van der Waals surface area contributed by atoms with Crippen LogP contribution in [0.4, 0.5) is 0 Å². The summed E-state index contributed by atoms with van der Waals surface area (Å²) in [5.41, 5.74) is 1.31. The van der Waals surface area contributed by atoms with E-state index in [0.29, 0.717) is 0 Å². The quantitative estimate of drug-likeness (QED) is 0.806. The molecule has 2 aliphatic rings. The van der Waals surface area contributed by atoms with E-state index < -0.39 is 0 Å². The van der Waals surface area contributed by atoms with E-state index in [9.17, 15) is 0 Å². The van der Waals surface area contributed by atoms with E-state index in [2.05, 4.69) is 12.2 Å². The molecule has 1 N–H and O–H groups in total. The van der Waals surface area contributed by atoms with Gasteiger partial charge in [0.25, 0.3) is 0 Å². The minimum Gasteiger partial charge on any atom is -0.313 e. The smallest absolute Gasteiger partial charge is 0.0459 e. The summed E-state index contributed by atoms with van der Waals surface area (Å²) in [7, 11) is 0. The Bertz CT molecular complexity index is 454. The second-order valence-electron chi connectivity index (χ2n) is 6.71. The van der Waals surface area contributed by atoms with Crippen molar-refractivity contribution in [1.82, 2.24) is 5.32 Å².